The van der Waals surface area contributed by atoms with Gasteiger partial charge in [0.1, 0.15) is 0 Å². The van der Waals surface area contributed by atoms with E-state index in [4.69, 9.17) is 11.6 Å². The highest BCUT2D eigenvalue weighted by Crippen LogP contribution is 2.40. The van der Waals surface area contributed by atoms with Crippen molar-refractivity contribution in [3.8, 4) is 5.75 Å². The predicted octanol–water partition coefficient (Wildman–Crippen LogP) is 4.18. The fourth-order valence-electron chi connectivity index (χ4n) is 0.912. The Labute approximate surface area is 118 Å². The molecular formula is C8H3ClF6O3S2. The van der Waals surface area contributed by atoms with E-state index in [1.807, 2.05) is 0 Å². The Hall–Kier alpha value is -0.810. The average molecular weight is 361 g/mol. The molecule has 0 aromatic heterocycles. The van der Waals surface area contributed by atoms with E-state index in [-0.39, 0.29) is 0 Å². The van der Waals surface area contributed by atoms with Gasteiger partial charge < -0.3 is 4.18 Å². The molecule has 3 nitrogen and oxygen atoms in total. The quantitative estimate of drug-likeness (QED) is 0.351. The first kappa shape index (κ1) is 17.2. The van der Waals surface area contributed by atoms with E-state index in [2.05, 4.69) is 4.18 Å². The first-order valence-electron chi connectivity index (χ1n) is 4.38. The molecule has 1 aromatic carbocycles. The van der Waals surface area contributed by atoms with E-state index >= 15 is 0 Å². The lowest BCUT2D eigenvalue weighted by molar-refractivity contribution is -0.0500. The second kappa shape index (κ2) is 5.53. The zero-order chi connectivity index (χ0) is 15.8. The predicted molar refractivity (Wildman–Crippen MR) is 59.0 cm³/mol. The van der Waals surface area contributed by atoms with Gasteiger partial charge >= 0.3 is 21.1 Å². The summed E-state index contributed by atoms with van der Waals surface area (Å²) >= 11 is 4.81. The molecule has 0 unspecified atom stereocenters. The molecule has 0 N–H and O–H groups in total. The van der Waals surface area contributed by atoms with Crippen LogP contribution < -0.4 is 4.18 Å². The summed E-state index contributed by atoms with van der Waals surface area (Å²) in [6, 6.07) is 1.96. The van der Waals surface area contributed by atoms with Crippen molar-refractivity contribution < 1.29 is 38.9 Å². The van der Waals surface area contributed by atoms with Gasteiger partial charge in [0.2, 0.25) is 0 Å². The van der Waals surface area contributed by atoms with Crippen LogP contribution in [0.15, 0.2) is 23.1 Å². The minimum Gasteiger partial charge on any atom is -0.374 e. The van der Waals surface area contributed by atoms with Crippen LogP contribution in [0.4, 0.5) is 26.3 Å². The summed E-state index contributed by atoms with van der Waals surface area (Å²) in [7, 11) is -5.93. The van der Waals surface area contributed by atoms with Crippen LogP contribution in [0.2, 0.25) is 5.02 Å². The molecule has 20 heavy (non-hydrogen) atoms. The van der Waals surface area contributed by atoms with Gasteiger partial charge in [0, 0.05) is 4.90 Å². The highest BCUT2D eigenvalue weighted by molar-refractivity contribution is 8.00. The Morgan fingerprint density at radius 3 is 2.05 bits per heavy atom. The standard InChI is InChI=1S/C8H3ClF6O3S2/c9-5-3-4(19-7(10,11)12)1-2-6(5)18-20(16,17)8(13,14)15/h1-3H. The van der Waals surface area contributed by atoms with Crippen molar-refractivity contribution in [3.63, 3.8) is 0 Å². The summed E-state index contributed by atoms with van der Waals surface area (Å²) in [5.74, 6) is -0.921. The summed E-state index contributed by atoms with van der Waals surface area (Å²) in [5.41, 5.74) is -10.3. The van der Waals surface area contributed by atoms with Crippen LogP contribution in [-0.4, -0.2) is 19.4 Å². The fraction of sp³-hybridized carbons (Fsp3) is 0.250. The second-order valence-electron chi connectivity index (χ2n) is 3.12. The van der Waals surface area contributed by atoms with Gasteiger partial charge in [-0.05, 0) is 30.0 Å². The molecule has 0 amide bonds. The van der Waals surface area contributed by atoms with Crippen molar-refractivity contribution in [2.75, 3.05) is 0 Å². The van der Waals surface area contributed by atoms with Crippen molar-refractivity contribution >= 4 is 33.5 Å². The lowest BCUT2D eigenvalue weighted by Gasteiger charge is -2.11. The van der Waals surface area contributed by atoms with Crippen molar-refractivity contribution in [2.45, 2.75) is 15.9 Å². The van der Waals surface area contributed by atoms with Crippen LogP contribution in [0.3, 0.4) is 0 Å². The molecule has 114 valence electrons. The van der Waals surface area contributed by atoms with Gasteiger partial charge in [-0.3, -0.25) is 0 Å². The third-order valence-electron chi connectivity index (χ3n) is 1.62. The molecule has 0 bridgehead atoms. The topological polar surface area (TPSA) is 43.4 Å². The van der Waals surface area contributed by atoms with Gasteiger partial charge in [0.25, 0.3) is 0 Å². The molecule has 0 atom stereocenters. The van der Waals surface area contributed by atoms with Gasteiger partial charge in [-0.2, -0.15) is 34.8 Å². The molecule has 0 aliphatic carbocycles. The maximum atomic E-state index is 12.0. The van der Waals surface area contributed by atoms with Crippen LogP contribution in [0.25, 0.3) is 0 Å². The monoisotopic (exact) mass is 360 g/mol. The maximum absolute atomic E-state index is 12.0. The van der Waals surface area contributed by atoms with Crippen LogP contribution in [0.1, 0.15) is 0 Å². The number of alkyl halides is 6. The Balaban J connectivity index is 3.01. The molecule has 0 aliphatic rings. The Morgan fingerprint density at radius 2 is 1.65 bits per heavy atom. The summed E-state index contributed by atoms with van der Waals surface area (Å²) in [6.45, 7) is 0. The van der Waals surface area contributed by atoms with Crippen LogP contribution in [-0.2, 0) is 10.1 Å². The summed E-state index contributed by atoms with van der Waals surface area (Å²) in [5, 5.41) is -0.702. The summed E-state index contributed by atoms with van der Waals surface area (Å²) in [4.78, 5) is -0.431. The highest BCUT2D eigenvalue weighted by Gasteiger charge is 2.48. The lowest BCUT2D eigenvalue weighted by atomic mass is 10.3. The number of thioether (sulfide) groups is 1. The number of benzene rings is 1. The fourth-order valence-corrected chi connectivity index (χ4v) is 2.30. The molecular weight excluding hydrogens is 358 g/mol. The van der Waals surface area contributed by atoms with Gasteiger partial charge in [0.15, 0.2) is 5.75 Å². The van der Waals surface area contributed by atoms with Gasteiger partial charge in [0.05, 0.1) is 5.02 Å². The largest absolute Gasteiger partial charge is 0.534 e. The van der Waals surface area contributed by atoms with E-state index in [1.54, 1.807) is 0 Å². The second-order valence-corrected chi connectivity index (χ2v) is 6.21. The molecule has 1 rings (SSSR count). The van der Waals surface area contributed by atoms with Crippen molar-refractivity contribution in [2.24, 2.45) is 0 Å². The first-order valence-corrected chi connectivity index (χ1v) is 6.98. The third-order valence-corrected chi connectivity index (χ3v) is 3.60. The van der Waals surface area contributed by atoms with Crippen molar-refractivity contribution in [1.29, 1.82) is 0 Å². The molecule has 0 fully saturated rings. The smallest absolute Gasteiger partial charge is 0.374 e. The van der Waals surface area contributed by atoms with E-state index in [0.717, 1.165) is 6.07 Å². The number of hydrogen-bond acceptors (Lipinski definition) is 4. The van der Waals surface area contributed by atoms with Gasteiger partial charge in [-0.15, -0.1) is 0 Å². The van der Waals surface area contributed by atoms with Crippen molar-refractivity contribution in [1.82, 2.24) is 0 Å². The zero-order valence-electron chi connectivity index (χ0n) is 8.92. The Morgan fingerprint density at radius 1 is 1.10 bits per heavy atom. The highest BCUT2D eigenvalue weighted by atomic mass is 35.5. The minimum absolute atomic E-state index is 0.431. The molecule has 0 radical (unpaired) electrons. The van der Waals surface area contributed by atoms with E-state index in [0.29, 0.717) is 12.1 Å². The first-order chi connectivity index (χ1) is 8.82. The molecule has 0 spiro atoms. The minimum atomic E-state index is -5.93. The zero-order valence-corrected chi connectivity index (χ0v) is 11.3. The van der Waals surface area contributed by atoms with E-state index < -0.39 is 48.6 Å². The van der Waals surface area contributed by atoms with E-state index in [1.165, 1.54) is 0 Å². The van der Waals surface area contributed by atoms with E-state index in [9.17, 15) is 34.8 Å². The summed E-state index contributed by atoms with van der Waals surface area (Å²) in [6.07, 6.45) is 0. The lowest BCUT2D eigenvalue weighted by Crippen LogP contribution is -2.28. The third kappa shape index (κ3) is 4.63. The Kier molecular flexibility index (Phi) is 4.76. The summed E-state index contributed by atoms with van der Waals surface area (Å²) < 4.78 is 97.4. The van der Waals surface area contributed by atoms with Crippen LogP contribution >= 0.6 is 23.4 Å². The van der Waals surface area contributed by atoms with Gasteiger partial charge in [-0.1, -0.05) is 11.6 Å². The number of halogens is 7. The average Bonchev–Trinajstić information content (AvgIpc) is 2.18. The normalized spacial score (nSPS) is 13.3. The number of hydrogen-bond donors (Lipinski definition) is 0. The number of rotatable bonds is 3. The van der Waals surface area contributed by atoms with Crippen LogP contribution in [0, 0.1) is 0 Å². The molecule has 1 aromatic rings. The molecule has 0 saturated carbocycles. The molecule has 0 saturated heterocycles. The van der Waals surface area contributed by atoms with Crippen LogP contribution in [0.5, 0.6) is 5.75 Å². The SMILES string of the molecule is O=S(=O)(Oc1ccc(SC(F)(F)F)cc1Cl)C(F)(F)F. The molecule has 12 heteroatoms. The molecule has 0 aliphatic heterocycles. The van der Waals surface area contributed by atoms with Crippen molar-refractivity contribution in [3.05, 3.63) is 23.2 Å². The Bertz CT molecular complexity index is 595. The maximum Gasteiger partial charge on any atom is 0.534 e. The van der Waals surface area contributed by atoms with Gasteiger partial charge in [-0.25, -0.2) is 0 Å². The molecule has 0 heterocycles.